The molecule has 0 atom stereocenters. The highest BCUT2D eigenvalue weighted by Crippen LogP contribution is 2.30. The van der Waals surface area contributed by atoms with Crippen LogP contribution in [0, 0.1) is 0 Å². The van der Waals surface area contributed by atoms with Crippen LogP contribution in [0.3, 0.4) is 0 Å². The Morgan fingerprint density at radius 2 is 2.40 bits per heavy atom. The maximum atomic E-state index is 10.9. The van der Waals surface area contributed by atoms with Crippen LogP contribution in [0.1, 0.15) is 10.4 Å². The van der Waals surface area contributed by atoms with Crippen molar-refractivity contribution in [1.82, 2.24) is 9.61 Å². The monoisotopic (exact) mass is 270 g/mol. The summed E-state index contributed by atoms with van der Waals surface area (Å²) in [5.41, 5.74) is 0.627. The molecule has 5 nitrogen and oxygen atoms in total. The summed E-state index contributed by atoms with van der Waals surface area (Å²) in [6.07, 6.45) is 2.95. The number of rotatable bonds is 2. The number of hydrogen-bond acceptors (Lipinski definition) is 3. The quantitative estimate of drug-likeness (QED) is 0.904. The molecule has 2 aromatic heterocycles. The molecule has 2 aromatic rings. The van der Waals surface area contributed by atoms with Crippen LogP contribution in [0.5, 0.6) is 5.75 Å². The summed E-state index contributed by atoms with van der Waals surface area (Å²) in [7, 11) is 1.52. The number of methoxy groups -OCH3 is 1. The molecule has 2 rings (SSSR count). The van der Waals surface area contributed by atoms with Crippen LogP contribution in [0.15, 0.2) is 22.9 Å². The van der Waals surface area contributed by atoms with Gasteiger partial charge in [-0.1, -0.05) is 0 Å². The lowest BCUT2D eigenvalue weighted by molar-refractivity contribution is 0.0699. The summed E-state index contributed by atoms with van der Waals surface area (Å²) in [4.78, 5) is 10.9. The second-order valence-corrected chi connectivity index (χ2v) is 3.65. The van der Waals surface area contributed by atoms with Crippen molar-refractivity contribution >= 4 is 27.4 Å². The first-order valence-electron chi connectivity index (χ1n) is 4.08. The van der Waals surface area contributed by atoms with Gasteiger partial charge in [0.2, 0.25) is 0 Å². The number of carbonyl (C=O) groups is 1. The minimum absolute atomic E-state index is 0.140. The van der Waals surface area contributed by atoms with Crippen molar-refractivity contribution in [2.45, 2.75) is 0 Å². The smallest absolute Gasteiger partial charge is 0.339 e. The Morgan fingerprint density at radius 3 is 3.00 bits per heavy atom. The van der Waals surface area contributed by atoms with Gasteiger partial charge in [0.15, 0.2) is 0 Å². The van der Waals surface area contributed by atoms with Gasteiger partial charge in [0.1, 0.15) is 11.3 Å². The van der Waals surface area contributed by atoms with Crippen LogP contribution in [-0.2, 0) is 0 Å². The number of nitrogens with zero attached hydrogens (tertiary/aromatic N) is 2. The fraction of sp³-hybridized carbons (Fsp3) is 0.111. The van der Waals surface area contributed by atoms with Crippen LogP contribution in [0.4, 0.5) is 0 Å². The van der Waals surface area contributed by atoms with Crippen molar-refractivity contribution in [3.8, 4) is 5.75 Å². The van der Waals surface area contributed by atoms with Crippen molar-refractivity contribution in [3.63, 3.8) is 0 Å². The molecular weight excluding hydrogens is 264 g/mol. The van der Waals surface area contributed by atoms with E-state index in [-0.39, 0.29) is 5.56 Å². The van der Waals surface area contributed by atoms with Crippen LogP contribution < -0.4 is 4.74 Å². The maximum absolute atomic E-state index is 10.9. The van der Waals surface area contributed by atoms with Crippen molar-refractivity contribution in [2.24, 2.45) is 0 Å². The zero-order valence-corrected chi connectivity index (χ0v) is 9.35. The van der Waals surface area contributed by atoms with E-state index < -0.39 is 5.97 Å². The van der Waals surface area contributed by atoms with E-state index in [4.69, 9.17) is 9.84 Å². The first kappa shape index (κ1) is 9.97. The Hall–Kier alpha value is -1.56. The largest absolute Gasteiger partial charge is 0.495 e. The van der Waals surface area contributed by atoms with Gasteiger partial charge in [-0.25, -0.2) is 9.31 Å². The van der Waals surface area contributed by atoms with E-state index in [2.05, 4.69) is 21.0 Å². The first-order valence-corrected chi connectivity index (χ1v) is 4.87. The Kier molecular flexibility index (Phi) is 2.36. The van der Waals surface area contributed by atoms with Crippen molar-refractivity contribution in [1.29, 1.82) is 0 Å². The number of hydrogen-bond donors (Lipinski definition) is 1. The molecule has 78 valence electrons. The van der Waals surface area contributed by atoms with Gasteiger partial charge in [0.25, 0.3) is 0 Å². The molecule has 0 saturated heterocycles. The molecule has 0 bridgehead atoms. The van der Waals surface area contributed by atoms with E-state index in [0.717, 1.165) is 0 Å². The van der Waals surface area contributed by atoms with E-state index in [1.165, 1.54) is 17.8 Å². The molecule has 0 spiro atoms. The van der Waals surface area contributed by atoms with Gasteiger partial charge >= 0.3 is 5.97 Å². The predicted octanol–water partition coefficient (Wildman–Crippen LogP) is 1.80. The third-order valence-corrected chi connectivity index (χ3v) is 2.80. The number of ether oxygens (including phenoxy) is 1. The third-order valence-electron chi connectivity index (χ3n) is 2.04. The summed E-state index contributed by atoms with van der Waals surface area (Å²) in [6, 6.07) is 1.70. The normalized spacial score (nSPS) is 10.5. The summed E-state index contributed by atoms with van der Waals surface area (Å²) in [5.74, 6) is -0.440. The maximum Gasteiger partial charge on any atom is 0.339 e. The van der Waals surface area contributed by atoms with Gasteiger partial charge in [-0.2, -0.15) is 5.10 Å². The number of carboxylic acids is 1. The molecule has 0 unspecified atom stereocenters. The lowest BCUT2D eigenvalue weighted by Gasteiger charge is -2.04. The Labute approximate surface area is 93.4 Å². The molecule has 0 amide bonds. The van der Waals surface area contributed by atoms with Crippen LogP contribution in [-0.4, -0.2) is 27.8 Å². The third kappa shape index (κ3) is 1.46. The first-order chi connectivity index (χ1) is 7.15. The minimum Gasteiger partial charge on any atom is -0.495 e. The zero-order valence-electron chi connectivity index (χ0n) is 7.77. The lowest BCUT2D eigenvalue weighted by Crippen LogP contribution is -1.97. The highest BCUT2D eigenvalue weighted by molar-refractivity contribution is 9.10. The number of halogens is 1. The number of aromatic carboxylic acids is 1. The number of fused-ring (bicyclic) bond motifs is 1. The van der Waals surface area contributed by atoms with Gasteiger partial charge in [0.05, 0.1) is 23.3 Å². The second kappa shape index (κ2) is 3.54. The molecule has 0 saturated carbocycles. The van der Waals surface area contributed by atoms with Gasteiger partial charge in [-0.3, -0.25) is 0 Å². The fourth-order valence-electron chi connectivity index (χ4n) is 1.34. The molecular formula is C9H7BrN2O3. The molecule has 1 N–H and O–H groups in total. The summed E-state index contributed by atoms with van der Waals surface area (Å²) in [5, 5.41) is 12.9. The SMILES string of the molecule is COc1ccn2ncc(C(=O)O)c2c1Br. The van der Waals surface area contributed by atoms with Gasteiger partial charge in [-0.05, 0) is 22.0 Å². The zero-order chi connectivity index (χ0) is 11.0. The van der Waals surface area contributed by atoms with Gasteiger partial charge in [-0.15, -0.1) is 0 Å². The lowest BCUT2D eigenvalue weighted by atomic mass is 10.2. The Morgan fingerprint density at radius 1 is 1.67 bits per heavy atom. The average molecular weight is 271 g/mol. The van der Waals surface area contributed by atoms with E-state index >= 15 is 0 Å². The Bertz CT molecular complexity index is 535. The molecule has 0 aromatic carbocycles. The summed E-state index contributed by atoms with van der Waals surface area (Å²) >= 11 is 3.29. The van der Waals surface area contributed by atoms with E-state index in [9.17, 15) is 4.79 Å². The van der Waals surface area contributed by atoms with E-state index in [0.29, 0.717) is 15.7 Å². The Balaban J connectivity index is 2.82. The van der Waals surface area contributed by atoms with Crippen LogP contribution in [0.2, 0.25) is 0 Å². The second-order valence-electron chi connectivity index (χ2n) is 2.85. The molecule has 0 aliphatic carbocycles. The molecule has 15 heavy (non-hydrogen) atoms. The van der Waals surface area contributed by atoms with Crippen molar-refractivity contribution in [2.75, 3.05) is 7.11 Å². The fourth-order valence-corrected chi connectivity index (χ4v) is 2.03. The molecule has 0 aliphatic rings. The highest BCUT2D eigenvalue weighted by atomic mass is 79.9. The highest BCUT2D eigenvalue weighted by Gasteiger charge is 2.16. The predicted molar refractivity (Wildman–Crippen MR) is 56.4 cm³/mol. The van der Waals surface area contributed by atoms with E-state index in [1.54, 1.807) is 12.3 Å². The summed E-state index contributed by atoms with van der Waals surface area (Å²) < 4.78 is 7.14. The topological polar surface area (TPSA) is 63.8 Å². The summed E-state index contributed by atoms with van der Waals surface area (Å²) in [6.45, 7) is 0. The van der Waals surface area contributed by atoms with Crippen molar-refractivity contribution in [3.05, 3.63) is 28.5 Å². The van der Waals surface area contributed by atoms with Crippen LogP contribution >= 0.6 is 15.9 Å². The minimum atomic E-state index is -1.01. The molecule has 0 fully saturated rings. The van der Waals surface area contributed by atoms with Gasteiger partial charge in [0, 0.05) is 6.20 Å². The molecule has 6 heteroatoms. The number of carboxylic acid groups (broad SMARTS) is 1. The van der Waals surface area contributed by atoms with Crippen molar-refractivity contribution < 1.29 is 14.6 Å². The van der Waals surface area contributed by atoms with Crippen LogP contribution in [0.25, 0.3) is 5.52 Å². The van der Waals surface area contributed by atoms with E-state index in [1.807, 2.05) is 0 Å². The molecule has 0 aliphatic heterocycles. The number of aromatic nitrogens is 2. The standard InChI is InChI=1S/C9H7BrN2O3/c1-15-6-2-3-12-8(7(6)10)5(4-11-12)9(13)14/h2-4H,1H3,(H,13,14). The molecule has 0 radical (unpaired) electrons. The average Bonchev–Trinajstić information content (AvgIpc) is 2.63. The molecule has 2 heterocycles. The number of pyridine rings is 1. The van der Waals surface area contributed by atoms with Gasteiger partial charge < -0.3 is 9.84 Å².